The lowest BCUT2D eigenvalue weighted by Crippen LogP contribution is -2.34. The van der Waals surface area contributed by atoms with E-state index in [9.17, 15) is 9.59 Å². The van der Waals surface area contributed by atoms with E-state index in [1.54, 1.807) is 6.07 Å². The second kappa shape index (κ2) is 6.36. The molecular formula is C15H10Cl2N2O4. The average molecular weight is 353 g/mol. The van der Waals surface area contributed by atoms with E-state index in [1.165, 1.54) is 30.3 Å². The lowest BCUT2D eigenvalue weighted by molar-refractivity contribution is 0.0966. The number of urea groups is 1. The zero-order chi connectivity index (χ0) is 16.4. The van der Waals surface area contributed by atoms with Gasteiger partial charge in [0.2, 0.25) is 6.79 Å². The molecule has 6 nitrogen and oxygen atoms in total. The highest BCUT2D eigenvalue weighted by Gasteiger charge is 2.17. The summed E-state index contributed by atoms with van der Waals surface area (Å²) in [6.45, 7) is 0.108. The number of imide groups is 1. The molecule has 0 atom stereocenters. The summed E-state index contributed by atoms with van der Waals surface area (Å²) in [5, 5.41) is 5.42. The standard InChI is InChI=1S/C15H10Cl2N2O4/c16-9-4-10(17)6-11(5-9)18-15(21)19-14(20)8-1-2-12-13(3-8)23-7-22-12/h1-6H,7H2,(H2,18,19,20,21). The number of amides is 3. The van der Waals surface area contributed by atoms with Gasteiger partial charge in [0.1, 0.15) is 0 Å². The van der Waals surface area contributed by atoms with Gasteiger partial charge in [-0.25, -0.2) is 4.79 Å². The smallest absolute Gasteiger partial charge is 0.326 e. The molecule has 0 saturated carbocycles. The number of halogens is 2. The van der Waals surface area contributed by atoms with Crippen LogP contribution in [0.25, 0.3) is 0 Å². The molecule has 3 rings (SSSR count). The van der Waals surface area contributed by atoms with Crippen LogP contribution < -0.4 is 20.1 Å². The predicted octanol–water partition coefficient (Wildman–Crippen LogP) is 3.68. The first kappa shape index (κ1) is 15.5. The molecule has 0 bridgehead atoms. The number of ether oxygens (including phenoxy) is 2. The largest absolute Gasteiger partial charge is 0.454 e. The van der Waals surface area contributed by atoms with Crippen molar-refractivity contribution in [1.29, 1.82) is 0 Å². The van der Waals surface area contributed by atoms with Gasteiger partial charge in [-0.1, -0.05) is 23.2 Å². The van der Waals surface area contributed by atoms with Crippen molar-refractivity contribution < 1.29 is 19.1 Å². The van der Waals surface area contributed by atoms with Crippen LogP contribution in [0, 0.1) is 0 Å². The fourth-order valence-corrected chi connectivity index (χ4v) is 2.53. The summed E-state index contributed by atoms with van der Waals surface area (Å²) >= 11 is 11.7. The maximum absolute atomic E-state index is 12.1. The normalized spacial score (nSPS) is 11.9. The second-order valence-electron chi connectivity index (χ2n) is 4.63. The Morgan fingerprint density at radius 2 is 1.65 bits per heavy atom. The summed E-state index contributed by atoms with van der Waals surface area (Å²) in [5.41, 5.74) is 0.645. The predicted molar refractivity (Wildman–Crippen MR) is 85.5 cm³/mol. The Bertz CT molecular complexity index is 775. The van der Waals surface area contributed by atoms with Crippen LogP contribution in [-0.4, -0.2) is 18.7 Å². The van der Waals surface area contributed by atoms with Crippen LogP contribution in [0.5, 0.6) is 11.5 Å². The van der Waals surface area contributed by atoms with E-state index < -0.39 is 11.9 Å². The minimum absolute atomic E-state index is 0.108. The molecule has 23 heavy (non-hydrogen) atoms. The molecule has 0 spiro atoms. The van der Waals surface area contributed by atoms with Crippen LogP contribution in [0.3, 0.4) is 0 Å². The maximum atomic E-state index is 12.1. The van der Waals surface area contributed by atoms with Crippen LogP contribution >= 0.6 is 23.2 Å². The van der Waals surface area contributed by atoms with Crippen molar-refractivity contribution in [1.82, 2.24) is 5.32 Å². The summed E-state index contributed by atoms with van der Waals surface area (Å²) in [6, 6.07) is 8.49. The molecule has 118 valence electrons. The number of carbonyl (C=O) groups is 2. The average Bonchev–Trinajstić information content (AvgIpc) is 2.93. The summed E-state index contributed by atoms with van der Waals surface area (Å²) in [4.78, 5) is 23.9. The van der Waals surface area contributed by atoms with Gasteiger partial charge >= 0.3 is 6.03 Å². The number of rotatable bonds is 2. The van der Waals surface area contributed by atoms with E-state index in [0.29, 0.717) is 27.2 Å². The number of carbonyl (C=O) groups excluding carboxylic acids is 2. The molecule has 1 aliphatic rings. The Labute approximate surface area is 141 Å². The zero-order valence-corrected chi connectivity index (χ0v) is 13.1. The van der Waals surface area contributed by atoms with Gasteiger partial charge < -0.3 is 14.8 Å². The van der Waals surface area contributed by atoms with Gasteiger partial charge in [0.05, 0.1) is 0 Å². The Morgan fingerprint density at radius 1 is 0.957 bits per heavy atom. The fourth-order valence-electron chi connectivity index (χ4n) is 2.00. The van der Waals surface area contributed by atoms with E-state index in [0.717, 1.165) is 0 Å². The van der Waals surface area contributed by atoms with Crippen molar-refractivity contribution in [2.24, 2.45) is 0 Å². The number of benzene rings is 2. The van der Waals surface area contributed by atoms with Gasteiger partial charge in [0.15, 0.2) is 11.5 Å². The lowest BCUT2D eigenvalue weighted by atomic mass is 10.2. The molecule has 3 amide bonds. The highest BCUT2D eigenvalue weighted by atomic mass is 35.5. The third kappa shape index (κ3) is 3.67. The first-order chi connectivity index (χ1) is 11.0. The Balaban J connectivity index is 1.66. The fraction of sp³-hybridized carbons (Fsp3) is 0.0667. The van der Waals surface area contributed by atoms with E-state index in [-0.39, 0.29) is 12.4 Å². The zero-order valence-electron chi connectivity index (χ0n) is 11.6. The van der Waals surface area contributed by atoms with Gasteiger partial charge in [-0.3, -0.25) is 10.1 Å². The molecule has 0 aliphatic carbocycles. The molecule has 2 aromatic rings. The van der Waals surface area contributed by atoms with Crippen molar-refractivity contribution in [3.05, 3.63) is 52.0 Å². The van der Waals surface area contributed by atoms with E-state index in [2.05, 4.69) is 10.6 Å². The molecule has 0 saturated heterocycles. The molecule has 0 fully saturated rings. The summed E-state index contributed by atoms with van der Waals surface area (Å²) in [6.07, 6.45) is 0. The summed E-state index contributed by atoms with van der Waals surface area (Å²) in [7, 11) is 0. The van der Waals surface area contributed by atoms with Crippen LogP contribution in [0.4, 0.5) is 10.5 Å². The first-order valence-electron chi connectivity index (χ1n) is 6.49. The highest BCUT2D eigenvalue weighted by molar-refractivity contribution is 6.35. The van der Waals surface area contributed by atoms with Crippen LogP contribution in [0.2, 0.25) is 10.0 Å². The molecule has 2 N–H and O–H groups in total. The molecule has 0 radical (unpaired) electrons. The lowest BCUT2D eigenvalue weighted by Gasteiger charge is -2.08. The van der Waals surface area contributed by atoms with Crippen LogP contribution in [0.1, 0.15) is 10.4 Å². The van der Waals surface area contributed by atoms with Crippen molar-refractivity contribution >= 4 is 40.8 Å². The van der Waals surface area contributed by atoms with Crippen LogP contribution in [0.15, 0.2) is 36.4 Å². The van der Waals surface area contributed by atoms with Crippen molar-refractivity contribution in [3.63, 3.8) is 0 Å². The highest BCUT2D eigenvalue weighted by Crippen LogP contribution is 2.32. The van der Waals surface area contributed by atoms with Crippen molar-refractivity contribution in [2.45, 2.75) is 0 Å². The van der Waals surface area contributed by atoms with E-state index in [1.807, 2.05) is 0 Å². The first-order valence-corrected chi connectivity index (χ1v) is 7.25. The minimum Gasteiger partial charge on any atom is -0.454 e. The summed E-state index contributed by atoms with van der Waals surface area (Å²) in [5.74, 6) is 0.438. The minimum atomic E-state index is -0.703. The maximum Gasteiger partial charge on any atom is 0.326 e. The topological polar surface area (TPSA) is 76.7 Å². The molecule has 8 heteroatoms. The quantitative estimate of drug-likeness (QED) is 0.864. The third-order valence-electron chi connectivity index (χ3n) is 2.98. The van der Waals surface area contributed by atoms with Crippen LogP contribution in [-0.2, 0) is 0 Å². The molecule has 1 heterocycles. The summed E-state index contributed by atoms with van der Waals surface area (Å²) < 4.78 is 10.3. The SMILES string of the molecule is O=C(NC(=O)c1ccc2c(c1)OCO2)Nc1cc(Cl)cc(Cl)c1. The number of nitrogens with one attached hydrogen (secondary N) is 2. The van der Waals surface area contributed by atoms with E-state index >= 15 is 0 Å². The Morgan fingerprint density at radius 3 is 2.39 bits per heavy atom. The van der Waals surface area contributed by atoms with Gasteiger partial charge in [-0.15, -0.1) is 0 Å². The second-order valence-corrected chi connectivity index (χ2v) is 5.51. The van der Waals surface area contributed by atoms with Gasteiger partial charge in [0.25, 0.3) is 5.91 Å². The van der Waals surface area contributed by atoms with Gasteiger partial charge in [-0.2, -0.15) is 0 Å². The molecule has 0 aromatic heterocycles. The molecule has 2 aromatic carbocycles. The number of hydrogen-bond donors (Lipinski definition) is 2. The van der Waals surface area contributed by atoms with Crippen molar-refractivity contribution in [3.8, 4) is 11.5 Å². The van der Waals surface area contributed by atoms with Gasteiger partial charge in [0, 0.05) is 21.3 Å². The number of anilines is 1. The molecule has 1 aliphatic heterocycles. The van der Waals surface area contributed by atoms with Gasteiger partial charge in [-0.05, 0) is 36.4 Å². The molecule has 0 unspecified atom stereocenters. The van der Waals surface area contributed by atoms with E-state index in [4.69, 9.17) is 32.7 Å². The molecular weight excluding hydrogens is 343 g/mol. The number of fused-ring (bicyclic) bond motifs is 1. The Kier molecular flexibility index (Phi) is 4.27. The van der Waals surface area contributed by atoms with Crippen molar-refractivity contribution in [2.75, 3.05) is 12.1 Å². The third-order valence-corrected chi connectivity index (χ3v) is 3.42. The number of hydrogen-bond acceptors (Lipinski definition) is 4. The monoisotopic (exact) mass is 352 g/mol. The Hall–Kier alpha value is -2.44.